The largest absolute Gasteiger partial charge is 0.449 e. The van der Waals surface area contributed by atoms with Crippen LogP contribution in [0.25, 0.3) is 0 Å². The topological polar surface area (TPSA) is 76.7 Å². The van der Waals surface area contributed by atoms with Gasteiger partial charge in [-0.2, -0.15) is 26.3 Å². The first-order valence-electron chi connectivity index (χ1n) is 9.46. The van der Waals surface area contributed by atoms with E-state index in [9.17, 15) is 35.9 Å². The van der Waals surface area contributed by atoms with E-state index < -0.39 is 62.1 Å². The molecular formula is C18H28F6N2O4. The molecule has 1 aliphatic rings. The molecule has 0 saturated heterocycles. The molecule has 0 aromatic carbocycles. The fourth-order valence-corrected chi connectivity index (χ4v) is 3.93. The quantitative estimate of drug-likeness (QED) is 0.540. The van der Waals surface area contributed by atoms with E-state index in [0.29, 0.717) is 19.3 Å². The summed E-state index contributed by atoms with van der Waals surface area (Å²) >= 11 is 0. The summed E-state index contributed by atoms with van der Waals surface area (Å²) in [5.74, 6) is 0. The van der Waals surface area contributed by atoms with Crippen LogP contribution in [-0.4, -0.2) is 50.3 Å². The SMILES string of the molecule is CC1(C)CC(NC(=O)OCCC(F)(F)F)CC(C)(CNC(=O)OCCC(F)(F)F)C1. The van der Waals surface area contributed by atoms with Gasteiger partial charge in [0.05, 0.1) is 12.8 Å². The number of ether oxygens (including phenoxy) is 2. The van der Waals surface area contributed by atoms with Crippen LogP contribution >= 0.6 is 0 Å². The van der Waals surface area contributed by atoms with Gasteiger partial charge in [-0.15, -0.1) is 0 Å². The number of carbonyl (C=O) groups excluding carboxylic acids is 2. The van der Waals surface area contributed by atoms with Gasteiger partial charge in [0.2, 0.25) is 0 Å². The predicted molar refractivity (Wildman–Crippen MR) is 94.7 cm³/mol. The monoisotopic (exact) mass is 450 g/mol. The van der Waals surface area contributed by atoms with Crippen LogP contribution in [0.4, 0.5) is 35.9 Å². The normalized spacial score (nSPS) is 24.1. The highest BCUT2D eigenvalue weighted by molar-refractivity contribution is 5.68. The smallest absolute Gasteiger partial charge is 0.407 e. The second kappa shape index (κ2) is 9.95. The highest BCUT2D eigenvalue weighted by Crippen LogP contribution is 2.45. The van der Waals surface area contributed by atoms with Crippen molar-refractivity contribution in [3.05, 3.63) is 0 Å². The second-order valence-corrected chi connectivity index (χ2v) is 8.76. The Kier molecular flexibility index (Phi) is 8.68. The van der Waals surface area contributed by atoms with E-state index in [4.69, 9.17) is 0 Å². The molecule has 12 heteroatoms. The van der Waals surface area contributed by atoms with Crippen molar-refractivity contribution in [1.82, 2.24) is 10.6 Å². The molecule has 1 rings (SSSR count). The van der Waals surface area contributed by atoms with Crippen LogP contribution in [0.1, 0.15) is 52.9 Å². The summed E-state index contributed by atoms with van der Waals surface area (Å²) in [5, 5.41) is 5.00. The van der Waals surface area contributed by atoms with E-state index in [1.54, 1.807) is 0 Å². The van der Waals surface area contributed by atoms with Crippen molar-refractivity contribution >= 4 is 12.2 Å². The Labute approximate surface area is 171 Å². The Bertz CT molecular complexity index is 594. The zero-order valence-corrected chi connectivity index (χ0v) is 17.1. The highest BCUT2D eigenvalue weighted by Gasteiger charge is 2.42. The van der Waals surface area contributed by atoms with Crippen LogP contribution in [0.5, 0.6) is 0 Å². The third-order valence-corrected chi connectivity index (χ3v) is 4.66. The van der Waals surface area contributed by atoms with E-state index in [2.05, 4.69) is 20.1 Å². The van der Waals surface area contributed by atoms with Crippen molar-refractivity contribution in [3.63, 3.8) is 0 Å². The molecule has 176 valence electrons. The summed E-state index contributed by atoms with van der Waals surface area (Å²) in [4.78, 5) is 23.5. The van der Waals surface area contributed by atoms with Crippen molar-refractivity contribution in [2.75, 3.05) is 19.8 Å². The number of rotatable bonds is 7. The van der Waals surface area contributed by atoms with Gasteiger partial charge in [-0.05, 0) is 30.1 Å². The van der Waals surface area contributed by atoms with Crippen molar-refractivity contribution < 1.29 is 45.4 Å². The minimum absolute atomic E-state index is 0.0998. The van der Waals surface area contributed by atoms with Crippen LogP contribution in [-0.2, 0) is 9.47 Å². The lowest BCUT2D eigenvalue weighted by molar-refractivity contribution is -0.142. The maximum absolute atomic E-state index is 12.1. The summed E-state index contributed by atoms with van der Waals surface area (Å²) < 4.78 is 81.8. The standard InChI is InChI=1S/C18H28F6N2O4/c1-15(2)8-12(26-14(28)30-7-5-18(22,23)24)9-16(3,10-15)11-25-13(27)29-6-4-17(19,20)21/h12H,4-11H2,1-3H3,(H,25,27)(H,26,28). The fraction of sp³-hybridized carbons (Fsp3) is 0.889. The molecular weight excluding hydrogens is 422 g/mol. The zero-order chi connectivity index (χ0) is 23.2. The van der Waals surface area contributed by atoms with Crippen LogP contribution in [0.15, 0.2) is 0 Å². The average molecular weight is 450 g/mol. The molecule has 2 amide bonds. The first-order valence-corrected chi connectivity index (χ1v) is 9.46. The van der Waals surface area contributed by atoms with Gasteiger partial charge in [0.1, 0.15) is 13.2 Å². The molecule has 6 nitrogen and oxygen atoms in total. The first-order chi connectivity index (χ1) is 13.5. The average Bonchev–Trinajstić information content (AvgIpc) is 2.48. The zero-order valence-electron chi connectivity index (χ0n) is 17.1. The number of alkyl carbamates (subject to hydrolysis) is 2. The Balaban J connectivity index is 2.53. The lowest BCUT2D eigenvalue weighted by atomic mass is 9.62. The molecule has 0 aromatic rings. The van der Waals surface area contributed by atoms with Crippen LogP contribution < -0.4 is 10.6 Å². The molecule has 1 aliphatic carbocycles. The van der Waals surface area contributed by atoms with Gasteiger partial charge in [0.25, 0.3) is 0 Å². The summed E-state index contributed by atoms with van der Waals surface area (Å²) in [5.41, 5.74) is -0.784. The Morgan fingerprint density at radius 2 is 1.40 bits per heavy atom. The van der Waals surface area contributed by atoms with Gasteiger partial charge in [-0.3, -0.25) is 0 Å². The first kappa shape index (κ1) is 26.2. The van der Waals surface area contributed by atoms with E-state index >= 15 is 0 Å². The second-order valence-electron chi connectivity index (χ2n) is 8.76. The maximum atomic E-state index is 12.1. The van der Waals surface area contributed by atoms with Gasteiger partial charge in [-0.25, -0.2) is 9.59 Å². The molecule has 0 radical (unpaired) electrons. The number of nitrogens with one attached hydrogen (secondary N) is 2. The van der Waals surface area contributed by atoms with Gasteiger partial charge in [0, 0.05) is 12.6 Å². The van der Waals surface area contributed by atoms with Crippen molar-refractivity contribution in [2.45, 2.75) is 71.3 Å². The minimum atomic E-state index is -4.42. The van der Waals surface area contributed by atoms with Crippen molar-refractivity contribution in [1.29, 1.82) is 0 Å². The van der Waals surface area contributed by atoms with E-state index in [1.807, 2.05) is 20.8 Å². The molecule has 2 unspecified atom stereocenters. The molecule has 2 atom stereocenters. The third kappa shape index (κ3) is 11.3. The number of halogens is 6. The van der Waals surface area contributed by atoms with E-state index in [-0.39, 0.29) is 12.0 Å². The molecule has 1 fully saturated rings. The minimum Gasteiger partial charge on any atom is -0.449 e. The number of hydrogen-bond acceptors (Lipinski definition) is 4. The molecule has 0 spiro atoms. The van der Waals surface area contributed by atoms with Crippen molar-refractivity contribution in [3.8, 4) is 0 Å². The summed E-state index contributed by atoms with van der Waals surface area (Å²) in [7, 11) is 0. The van der Waals surface area contributed by atoms with Gasteiger partial charge >= 0.3 is 24.5 Å². The van der Waals surface area contributed by atoms with Crippen LogP contribution in [0.3, 0.4) is 0 Å². The molecule has 2 N–H and O–H groups in total. The Morgan fingerprint density at radius 1 is 0.900 bits per heavy atom. The molecule has 0 aromatic heterocycles. The molecule has 0 heterocycles. The van der Waals surface area contributed by atoms with E-state index in [1.165, 1.54) is 0 Å². The van der Waals surface area contributed by atoms with Crippen LogP contribution in [0, 0.1) is 10.8 Å². The molecule has 30 heavy (non-hydrogen) atoms. The summed E-state index contributed by atoms with van der Waals surface area (Å²) in [6.45, 7) is 4.25. The molecule has 0 bridgehead atoms. The van der Waals surface area contributed by atoms with Gasteiger partial charge < -0.3 is 20.1 Å². The molecule has 1 saturated carbocycles. The van der Waals surface area contributed by atoms with Gasteiger partial charge in [0.15, 0.2) is 0 Å². The third-order valence-electron chi connectivity index (χ3n) is 4.66. The predicted octanol–water partition coefficient (Wildman–Crippen LogP) is 4.93. The number of alkyl halides is 6. The Morgan fingerprint density at radius 3 is 1.90 bits per heavy atom. The van der Waals surface area contributed by atoms with Crippen LogP contribution in [0.2, 0.25) is 0 Å². The van der Waals surface area contributed by atoms with E-state index in [0.717, 1.165) is 0 Å². The number of hydrogen-bond donors (Lipinski definition) is 2. The van der Waals surface area contributed by atoms with Gasteiger partial charge in [-0.1, -0.05) is 20.8 Å². The fourth-order valence-electron chi connectivity index (χ4n) is 3.93. The van der Waals surface area contributed by atoms with Crippen molar-refractivity contribution in [2.24, 2.45) is 10.8 Å². The summed E-state index contributed by atoms with van der Waals surface area (Å²) in [6.07, 6.45) is -11.7. The Hall–Kier alpha value is -1.88. The highest BCUT2D eigenvalue weighted by atomic mass is 19.4. The number of amides is 2. The molecule has 0 aliphatic heterocycles. The maximum Gasteiger partial charge on any atom is 0.407 e. The summed E-state index contributed by atoms with van der Waals surface area (Å²) in [6, 6.07) is -0.403. The number of carbonyl (C=O) groups is 2. The lowest BCUT2D eigenvalue weighted by Gasteiger charge is -2.46. The lowest BCUT2D eigenvalue weighted by Crippen LogP contribution is -2.50.